The zero-order valence-electron chi connectivity index (χ0n) is 17.3. The summed E-state index contributed by atoms with van der Waals surface area (Å²) in [5.74, 6) is -1.17. The molecule has 0 aliphatic heterocycles. The highest BCUT2D eigenvalue weighted by Gasteiger charge is 2.25. The molecule has 0 radical (unpaired) electrons. The number of carbonyl (C=O) groups is 1. The summed E-state index contributed by atoms with van der Waals surface area (Å²) < 4.78 is 28.8. The smallest absolute Gasteiger partial charge is 0.239 e. The van der Waals surface area contributed by atoms with Crippen LogP contribution in [-0.2, 0) is 4.79 Å². The summed E-state index contributed by atoms with van der Waals surface area (Å²) in [5.41, 5.74) is 0.932. The van der Waals surface area contributed by atoms with Gasteiger partial charge >= 0.3 is 0 Å². The summed E-state index contributed by atoms with van der Waals surface area (Å²) in [6.07, 6.45) is 5.89. The fourth-order valence-corrected chi connectivity index (χ4v) is 5.42. The SMILES string of the molecule is Cc1nnc(SC(C)C(=O)Nc2nc(-c3ccc(F)c(F)c3)cs2)n1C1CCCCC1. The highest BCUT2D eigenvalue weighted by Crippen LogP contribution is 2.34. The van der Waals surface area contributed by atoms with Crippen LogP contribution in [0.4, 0.5) is 13.9 Å². The number of carbonyl (C=O) groups excluding carboxylic acids is 1. The predicted octanol–water partition coefficient (Wildman–Crippen LogP) is 5.61. The molecular weight excluding hydrogens is 440 g/mol. The number of hydrogen-bond donors (Lipinski definition) is 1. The van der Waals surface area contributed by atoms with E-state index in [9.17, 15) is 13.6 Å². The Hall–Kier alpha value is -2.33. The van der Waals surface area contributed by atoms with Gasteiger partial charge in [0.1, 0.15) is 5.82 Å². The first-order chi connectivity index (χ1) is 14.9. The maximum Gasteiger partial charge on any atom is 0.239 e. The highest BCUT2D eigenvalue weighted by molar-refractivity contribution is 8.00. The molecule has 10 heteroatoms. The van der Waals surface area contributed by atoms with Crippen LogP contribution in [0.2, 0.25) is 0 Å². The second-order valence-corrected chi connectivity index (χ2v) is 9.77. The Bertz CT molecular complexity index is 1080. The Morgan fingerprint density at radius 3 is 2.74 bits per heavy atom. The van der Waals surface area contributed by atoms with E-state index in [2.05, 4.69) is 25.1 Å². The second kappa shape index (κ2) is 9.44. The molecule has 1 unspecified atom stereocenters. The maximum atomic E-state index is 13.5. The van der Waals surface area contributed by atoms with Crippen molar-refractivity contribution in [3.05, 3.63) is 41.0 Å². The van der Waals surface area contributed by atoms with Gasteiger partial charge in [-0.1, -0.05) is 31.0 Å². The number of rotatable bonds is 6. The van der Waals surface area contributed by atoms with E-state index >= 15 is 0 Å². The number of thioether (sulfide) groups is 1. The van der Waals surface area contributed by atoms with Gasteiger partial charge in [0, 0.05) is 17.0 Å². The molecule has 0 saturated heterocycles. The van der Waals surface area contributed by atoms with Gasteiger partial charge in [-0.05, 0) is 44.9 Å². The summed E-state index contributed by atoms with van der Waals surface area (Å²) in [6.45, 7) is 3.77. The van der Waals surface area contributed by atoms with Crippen LogP contribution in [0, 0.1) is 18.6 Å². The fraction of sp³-hybridized carbons (Fsp3) is 0.429. The third-order valence-corrected chi connectivity index (χ3v) is 7.19. The minimum Gasteiger partial charge on any atom is -0.303 e. The highest BCUT2D eigenvalue weighted by atomic mass is 32.2. The zero-order chi connectivity index (χ0) is 22.0. The van der Waals surface area contributed by atoms with E-state index in [0.29, 0.717) is 22.4 Å². The summed E-state index contributed by atoms with van der Waals surface area (Å²) >= 11 is 2.62. The summed E-state index contributed by atoms with van der Waals surface area (Å²) in [6, 6.07) is 4.00. The van der Waals surface area contributed by atoms with E-state index in [1.54, 1.807) is 5.38 Å². The van der Waals surface area contributed by atoms with Crippen molar-refractivity contribution in [1.82, 2.24) is 19.7 Å². The van der Waals surface area contributed by atoms with Crippen LogP contribution in [0.1, 0.15) is 50.9 Å². The molecule has 1 amide bonds. The van der Waals surface area contributed by atoms with Crippen LogP contribution in [0.15, 0.2) is 28.7 Å². The molecule has 3 aromatic rings. The van der Waals surface area contributed by atoms with Crippen LogP contribution in [0.25, 0.3) is 11.3 Å². The molecule has 1 atom stereocenters. The molecule has 6 nitrogen and oxygen atoms in total. The van der Waals surface area contributed by atoms with Gasteiger partial charge in [-0.2, -0.15) is 0 Å². The quantitative estimate of drug-likeness (QED) is 0.481. The average molecular weight is 464 g/mol. The molecule has 1 fully saturated rings. The van der Waals surface area contributed by atoms with Crippen molar-refractivity contribution in [2.24, 2.45) is 0 Å². The second-order valence-electron chi connectivity index (χ2n) is 7.61. The first-order valence-electron chi connectivity index (χ1n) is 10.2. The lowest BCUT2D eigenvalue weighted by Crippen LogP contribution is -2.23. The molecule has 31 heavy (non-hydrogen) atoms. The number of nitrogens with zero attached hydrogens (tertiary/aromatic N) is 4. The van der Waals surface area contributed by atoms with Crippen LogP contribution < -0.4 is 5.32 Å². The Kier molecular flexibility index (Phi) is 6.66. The normalized spacial score (nSPS) is 15.7. The fourth-order valence-electron chi connectivity index (χ4n) is 3.73. The number of aryl methyl sites for hydroxylation is 1. The minimum absolute atomic E-state index is 0.202. The lowest BCUT2D eigenvalue weighted by molar-refractivity contribution is -0.115. The standard InChI is InChI=1S/C21H23F2N5OS2/c1-12(31-21-27-26-13(2)28(21)15-6-4-3-5-7-15)19(29)25-20-24-18(11-30-20)14-8-9-16(22)17(23)10-14/h8-12,15H,3-7H2,1-2H3,(H,24,25,29). The van der Waals surface area contributed by atoms with E-state index in [4.69, 9.17) is 0 Å². The van der Waals surface area contributed by atoms with Gasteiger partial charge < -0.3 is 9.88 Å². The van der Waals surface area contributed by atoms with Crippen molar-refractivity contribution in [2.45, 2.75) is 62.4 Å². The molecule has 2 aromatic heterocycles. The van der Waals surface area contributed by atoms with Gasteiger partial charge in [0.05, 0.1) is 10.9 Å². The third-order valence-electron chi connectivity index (χ3n) is 5.38. The van der Waals surface area contributed by atoms with Crippen molar-refractivity contribution in [3.63, 3.8) is 0 Å². The molecule has 1 aromatic carbocycles. The minimum atomic E-state index is -0.932. The number of halogens is 2. The maximum absolute atomic E-state index is 13.5. The number of anilines is 1. The van der Waals surface area contributed by atoms with Gasteiger partial charge in [-0.3, -0.25) is 4.79 Å². The van der Waals surface area contributed by atoms with Gasteiger partial charge in [0.15, 0.2) is 21.9 Å². The van der Waals surface area contributed by atoms with Crippen LogP contribution in [-0.4, -0.2) is 30.9 Å². The lowest BCUT2D eigenvalue weighted by Gasteiger charge is -2.25. The molecule has 164 valence electrons. The van der Waals surface area contributed by atoms with E-state index in [1.165, 1.54) is 48.4 Å². The zero-order valence-corrected chi connectivity index (χ0v) is 18.9. The van der Waals surface area contributed by atoms with E-state index in [1.807, 2.05) is 13.8 Å². The Balaban J connectivity index is 1.42. The monoisotopic (exact) mass is 463 g/mol. The number of thiazole rings is 1. The molecule has 1 aliphatic carbocycles. The van der Waals surface area contributed by atoms with E-state index in [-0.39, 0.29) is 5.91 Å². The number of hydrogen-bond acceptors (Lipinski definition) is 6. The van der Waals surface area contributed by atoms with E-state index in [0.717, 1.165) is 36.0 Å². The van der Waals surface area contributed by atoms with Crippen molar-refractivity contribution in [2.75, 3.05) is 5.32 Å². The van der Waals surface area contributed by atoms with Crippen LogP contribution in [0.5, 0.6) is 0 Å². The topological polar surface area (TPSA) is 72.7 Å². The van der Waals surface area contributed by atoms with Crippen LogP contribution in [0.3, 0.4) is 0 Å². The molecular formula is C21H23F2N5OS2. The molecule has 1 aliphatic rings. The number of nitrogens with one attached hydrogen (secondary N) is 1. The van der Waals surface area contributed by atoms with Crippen LogP contribution >= 0.6 is 23.1 Å². The van der Waals surface area contributed by atoms with Gasteiger partial charge in [-0.15, -0.1) is 21.5 Å². The number of amides is 1. The van der Waals surface area contributed by atoms with Crippen molar-refractivity contribution in [3.8, 4) is 11.3 Å². The molecule has 2 heterocycles. The summed E-state index contributed by atoms with van der Waals surface area (Å²) in [5, 5.41) is 13.8. The lowest BCUT2D eigenvalue weighted by atomic mass is 9.95. The Morgan fingerprint density at radius 1 is 1.23 bits per heavy atom. The molecule has 1 saturated carbocycles. The molecule has 4 rings (SSSR count). The number of benzene rings is 1. The Morgan fingerprint density at radius 2 is 2.00 bits per heavy atom. The molecule has 0 spiro atoms. The van der Waals surface area contributed by atoms with E-state index < -0.39 is 16.9 Å². The number of aromatic nitrogens is 4. The summed E-state index contributed by atoms with van der Waals surface area (Å²) in [7, 11) is 0. The van der Waals surface area contributed by atoms with Gasteiger partial charge in [0.2, 0.25) is 5.91 Å². The van der Waals surface area contributed by atoms with Crippen molar-refractivity contribution in [1.29, 1.82) is 0 Å². The Labute approximate surface area is 187 Å². The van der Waals surface area contributed by atoms with Crippen molar-refractivity contribution >= 4 is 34.1 Å². The summed E-state index contributed by atoms with van der Waals surface area (Å²) in [4.78, 5) is 17.1. The van der Waals surface area contributed by atoms with Gasteiger partial charge in [-0.25, -0.2) is 13.8 Å². The largest absolute Gasteiger partial charge is 0.303 e. The van der Waals surface area contributed by atoms with Crippen molar-refractivity contribution < 1.29 is 13.6 Å². The third kappa shape index (κ3) is 4.95. The first kappa shape index (κ1) is 21.9. The average Bonchev–Trinajstić information content (AvgIpc) is 3.37. The van der Waals surface area contributed by atoms with Gasteiger partial charge in [0.25, 0.3) is 0 Å². The first-order valence-corrected chi connectivity index (χ1v) is 12.0. The predicted molar refractivity (Wildman–Crippen MR) is 118 cm³/mol. The molecule has 1 N–H and O–H groups in total. The molecule has 0 bridgehead atoms.